The Morgan fingerprint density at radius 1 is 0.944 bits per heavy atom. The van der Waals surface area contributed by atoms with E-state index in [1.54, 1.807) is 0 Å². The highest BCUT2D eigenvalue weighted by Crippen LogP contribution is 2.21. The van der Waals surface area contributed by atoms with Crippen LogP contribution >= 0.6 is 8.03 Å². The predicted octanol–water partition coefficient (Wildman–Crippen LogP) is 4.82. The highest BCUT2D eigenvalue weighted by molar-refractivity contribution is 7.48. The second kappa shape index (κ2) is 10.2. The zero-order chi connectivity index (χ0) is 13.1. The Balaban J connectivity index is 2.00. The average Bonchev–Trinajstić information content (AvgIpc) is 2.42. The molecule has 0 aliphatic carbocycles. The van der Waals surface area contributed by atoms with Gasteiger partial charge in [0.15, 0.2) is 0 Å². The van der Waals surface area contributed by atoms with Crippen molar-refractivity contribution in [2.24, 2.45) is 0 Å². The minimum Gasteiger partial charge on any atom is -0.142 e. The van der Waals surface area contributed by atoms with Gasteiger partial charge < -0.3 is 0 Å². The molecule has 0 radical (unpaired) electrons. The Hall–Kier alpha value is -0.720. The molecule has 100 valence electrons. The third-order valence-electron chi connectivity index (χ3n) is 2.92. The van der Waals surface area contributed by atoms with Crippen LogP contribution in [0.4, 0.5) is 0 Å². The summed E-state index contributed by atoms with van der Waals surface area (Å²) in [6, 6.07) is 9.40. The molecule has 2 nitrogen and oxygen atoms in total. The van der Waals surface area contributed by atoms with E-state index in [0.29, 0.717) is 6.61 Å². The molecule has 1 atom stereocenters. The lowest BCUT2D eigenvalue weighted by atomic mass is 10.1. The first-order valence-corrected chi connectivity index (χ1v) is 8.17. The second-order valence-corrected chi connectivity index (χ2v) is 5.84. The largest absolute Gasteiger partial charge is 0.548 e. The topological polar surface area (TPSA) is 26.3 Å². The molecule has 0 spiro atoms. The van der Waals surface area contributed by atoms with Gasteiger partial charge in [0.2, 0.25) is 5.30 Å². The van der Waals surface area contributed by atoms with Crippen molar-refractivity contribution in [3.05, 3.63) is 30.3 Å². The summed E-state index contributed by atoms with van der Waals surface area (Å²) >= 11 is 0. The third kappa shape index (κ3) is 6.88. The van der Waals surface area contributed by atoms with Crippen molar-refractivity contribution in [3.8, 4) is 0 Å². The van der Waals surface area contributed by atoms with Crippen LogP contribution in [0.2, 0.25) is 0 Å². The molecule has 3 heteroatoms. The number of rotatable bonds is 10. The molecular weight excluding hydrogens is 243 g/mol. The van der Waals surface area contributed by atoms with E-state index in [4.69, 9.17) is 4.52 Å². The van der Waals surface area contributed by atoms with Crippen molar-refractivity contribution in [1.82, 2.24) is 0 Å². The highest BCUT2D eigenvalue weighted by Gasteiger charge is 2.20. The van der Waals surface area contributed by atoms with Crippen LogP contribution in [-0.2, 0) is 9.09 Å². The van der Waals surface area contributed by atoms with E-state index in [9.17, 15) is 4.57 Å². The summed E-state index contributed by atoms with van der Waals surface area (Å²) < 4.78 is 17.1. The first-order valence-electron chi connectivity index (χ1n) is 7.00. The Morgan fingerprint density at radius 3 is 2.22 bits per heavy atom. The lowest BCUT2D eigenvalue weighted by molar-refractivity contribution is 0.321. The molecule has 0 aliphatic heterocycles. The Labute approximate surface area is 112 Å². The van der Waals surface area contributed by atoms with Crippen molar-refractivity contribution in [1.29, 1.82) is 0 Å². The van der Waals surface area contributed by atoms with Gasteiger partial charge in [-0.2, -0.15) is 0 Å². The highest BCUT2D eigenvalue weighted by atomic mass is 31.1. The van der Waals surface area contributed by atoms with Crippen LogP contribution in [0.3, 0.4) is 0 Å². The summed E-state index contributed by atoms with van der Waals surface area (Å²) in [5.74, 6) is 0. The van der Waals surface area contributed by atoms with Gasteiger partial charge in [0.1, 0.15) is 6.61 Å². The lowest BCUT2D eigenvalue weighted by Crippen LogP contribution is -1.98. The molecule has 1 aromatic carbocycles. The Morgan fingerprint density at radius 2 is 1.56 bits per heavy atom. The quantitative estimate of drug-likeness (QED) is 0.448. The van der Waals surface area contributed by atoms with Gasteiger partial charge in [0, 0.05) is 0 Å². The van der Waals surface area contributed by atoms with Crippen LogP contribution in [0.25, 0.3) is 0 Å². The summed E-state index contributed by atoms with van der Waals surface area (Å²) in [5, 5.41) is 0.787. The van der Waals surface area contributed by atoms with Crippen molar-refractivity contribution in [2.45, 2.75) is 51.9 Å². The number of benzene rings is 1. The standard InChI is InChI=1S/C15H24O2P/c1-2-3-4-5-6-7-11-14-17-18(16)15-12-9-8-10-13-15/h8-10,12-13H,2-7,11,14H2,1H3/q+1. The lowest BCUT2D eigenvalue weighted by Gasteiger charge is -1.98. The number of hydrogen-bond donors (Lipinski definition) is 0. The zero-order valence-electron chi connectivity index (χ0n) is 11.3. The number of unbranched alkanes of at least 4 members (excludes halogenated alkanes) is 6. The molecule has 0 saturated heterocycles. The van der Waals surface area contributed by atoms with Gasteiger partial charge >= 0.3 is 8.03 Å². The van der Waals surface area contributed by atoms with Gasteiger partial charge in [0.25, 0.3) is 0 Å². The first-order chi connectivity index (χ1) is 8.84. The Bertz CT molecular complexity index is 325. The van der Waals surface area contributed by atoms with E-state index in [1.165, 1.54) is 38.5 Å². The van der Waals surface area contributed by atoms with Crippen LogP contribution in [0.1, 0.15) is 51.9 Å². The van der Waals surface area contributed by atoms with Crippen LogP contribution in [0.5, 0.6) is 0 Å². The molecule has 0 aliphatic rings. The van der Waals surface area contributed by atoms with E-state index >= 15 is 0 Å². The van der Waals surface area contributed by atoms with Gasteiger partial charge in [-0.1, -0.05) is 63.6 Å². The molecule has 1 rings (SSSR count). The van der Waals surface area contributed by atoms with Crippen molar-refractivity contribution >= 4 is 13.3 Å². The van der Waals surface area contributed by atoms with E-state index in [-0.39, 0.29) is 0 Å². The summed E-state index contributed by atoms with van der Waals surface area (Å²) in [4.78, 5) is 0. The fraction of sp³-hybridized carbons (Fsp3) is 0.600. The molecule has 0 aromatic heterocycles. The van der Waals surface area contributed by atoms with Crippen LogP contribution in [0, 0.1) is 0 Å². The summed E-state index contributed by atoms with van der Waals surface area (Å²) in [5.41, 5.74) is 0. The molecule has 0 fully saturated rings. The normalized spacial score (nSPS) is 11.5. The maximum Gasteiger partial charge on any atom is 0.548 e. The predicted molar refractivity (Wildman–Crippen MR) is 77.6 cm³/mol. The summed E-state index contributed by atoms with van der Waals surface area (Å²) in [6.07, 6.45) is 8.76. The van der Waals surface area contributed by atoms with Crippen molar-refractivity contribution in [2.75, 3.05) is 6.61 Å². The zero-order valence-corrected chi connectivity index (χ0v) is 12.2. The molecule has 18 heavy (non-hydrogen) atoms. The van der Waals surface area contributed by atoms with E-state index in [2.05, 4.69) is 6.92 Å². The molecular formula is C15H24O2P+. The Kier molecular flexibility index (Phi) is 8.71. The van der Waals surface area contributed by atoms with Gasteiger partial charge in [-0.05, 0) is 23.1 Å². The minimum atomic E-state index is -1.66. The SMILES string of the molecule is CCCCCCCCCO[P+](=O)c1ccccc1. The molecule has 1 aromatic rings. The molecule has 0 heterocycles. The van der Waals surface area contributed by atoms with Gasteiger partial charge in [0.05, 0.1) is 0 Å². The fourth-order valence-electron chi connectivity index (χ4n) is 1.83. The molecule has 0 amide bonds. The monoisotopic (exact) mass is 267 g/mol. The van der Waals surface area contributed by atoms with Crippen LogP contribution in [0.15, 0.2) is 30.3 Å². The first kappa shape index (κ1) is 15.3. The molecule has 0 bridgehead atoms. The maximum atomic E-state index is 11.7. The molecule has 0 N–H and O–H groups in total. The maximum absolute atomic E-state index is 11.7. The van der Waals surface area contributed by atoms with E-state index in [0.717, 1.165) is 11.7 Å². The van der Waals surface area contributed by atoms with Gasteiger partial charge in [-0.15, -0.1) is 4.52 Å². The second-order valence-electron chi connectivity index (χ2n) is 4.55. The fourth-order valence-corrected chi connectivity index (χ4v) is 2.69. The van der Waals surface area contributed by atoms with E-state index in [1.807, 2.05) is 30.3 Å². The minimum absolute atomic E-state index is 0.609. The summed E-state index contributed by atoms with van der Waals surface area (Å²) in [7, 11) is -1.66. The third-order valence-corrected chi connectivity index (χ3v) is 4.06. The van der Waals surface area contributed by atoms with Crippen molar-refractivity contribution in [3.63, 3.8) is 0 Å². The van der Waals surface area contributed by atoms with Crippen molar-refractivity contribution < 1.29 is 9.09 Å². The smallest absolute Gasteiger partial charge is 0.142 e. The number of hydrogen-bond acceptors (Lipinski definition) is 2. The average molecular weight is 267 g/mol. The molecule has 1 unspecified atom stereocenters. The van der Waals surface area contributed by atoms with Crippen LogP contribution < -0.4 is 5.30 Å². The van der Waals surface area contributed by atoms with Crippen LogP contribution in [-0.4, -0.2) is 6.61 Å². The summed E-state index contributed by atoms with van der Waals surface area (Å²) in [6.45, 7) is 2.84. The van der Waals surface area contributed by atoms with Gasteiger partial charge in [-0.3, -0.25) is 0 Å². The molecule has 0 saturated carbocycles. The van der Waals surface area contributed by atoms with E-state index < -0.39 is 8.03 Å². The van der Waals surface area contributed by atoms with Gasteiger partial charge in [-0.25, -0.2) is 0 Å².